The van der Waals surface area contributed by atoms with Gasteiger partial charge >= 0.3 is 0 Å². The van der Waals surface area contributed by atoms with Crippen LogP contribution in [-0.2, 0) is 16.0 Å². The van der Waals surface area contributed by atoms with Crippen LogP contribution in [0.4, 0.5) is 5.82 Å². The molecule has 142 valence electrons. The third-order valence-corrected chi connectivity index (χ3v) is 5.36. The van der Waals surface area contributed by atoms with Crippen molar-refractivity contribution < 1.29 is 14.3 Å². The van der Waals surface area contributed by atoms with Gasteiger partial charge < -0.3 is 19.3 Å². The van der Waals surface area contributed by atoms with Crippen molar-refractivity contribution in [2.24, 2.45) is 0 Å². The Labute approximate surface area is 159 Å². The van der Waals surface area contributed by atoms with Gasteiger partial charge in [0.1, 0.15) is 11.6 Å². The zero-order valence-electron chi connectivity index (χ0n) is 15.6. The van der Waals surface area contributed by atoms with Crippen LogP contribution >= 0.6 is 0 Å². The van der Waals surface area contributed by atoms with Gasteiger partial charge in [0.05, 0.1) is 26.2 Å². The third-order valence-electron chi connectivity index (χ3n) is 5.36. The van der Waals surface area contributed by atoms with Gasteiger partial charge in [-0.3, -0.25) is 4.79 Å². The third kappa shape index (κ3) is 3.90. The first-order chi connectivity index (χ1) is 13.2. The van der Waals surface area contributed by atoms with Crippen molar-refractivity contribution in [1.29, 1.82) is 0 Å². The molecule has 1 fully saturated rings. The average Bonchev–Trinajstić information content (AvgIpc) is 2.74. The standard InChI is InChI=1S/C21H25N3O3/c1-26-17-6-8-22-20(14-17)23-9-11-24(12-10-23)21(25)15-19-18-5-3-2-4-16(18)7-13-27-19/h2-6,8,14,19H,7,9-13,15H2,1H3. The van der Waals surface area contributed by atoms with E-state index in [1.165, 1.54) is 5.56 Å². The number of carbonyl (C=O) groups excluding carboxylic acids is 1. The molecule has 0 spiro atoms. The highest BCUT2D eigenvalue weighted by Crippen LogP contribution is 2.30. The summed E-state index contributed by atoms with van der Waals surface area (Å²) >= 11 is 0. The molecule has 0 bridgehead atoms. The second kappa shape index (κ2) is 7.96. The number of piperazine rings is 1. The summed E-state index contributed by atoms with van der Waals surface area (Å²) in [5.74, 6) is 1.85. The summed E-state index contributed by atoms with van der Waals surface area (Å²) in [6.07, 6.45) is 2.96. The predicted octanol–water partition coefficient (Wildman–Crippen LogP) is 2.44. The maximum absolute atomic E-state index is 12.8. The molecule has 1 aromatic heterocycles. The van der Waals surface area contributed by atoms with Crippen LogP contribution in [0.1, 0.15) is 23.7 Å². The van der Waals surface area contributed by atoms with Gasteiger partial charge in [-0.2, -0.15) is 0 Å². The number of rotatable bonds is 4. The quantitative estimate of drug-likeness (QED) is 0.831. The lowest BCUT2D eigenvalue weighted by Crippen LogP contribution is -2.49. The molecule has 1 amide bonds. The van der Waals surface area contributed by atoms with Crippen LogP contribution in [0.15, 0.2) is 42.6 Å². The number of methoxy groups -OCH3 is 1. The highest BCUT2D eigenvalue weighted by molar-refractivity contribution is 5.77. The molecule has 0 N–H and O–H groups in total. The molecule has 1 unspecified atom stereocenters. The molecule has 4 rings (SSSR count). The van der Waals surface area contributed by atoms with E-state index in [0.717, 1.165) is 36.6 Å². The molecule has 6 nitrogen and oxygen atoms in total. The fraction of sp³-hybridized carbons (Fsp3) is 0.429. The zero-order valence-corrected chi connectivity index (χ0v) is 15.6. The Morgan fingerprint density at radius 1 is 1.22 bits per heavy atom. The number of nitrogens with zero attached hydrogens (tertiary/aromatic N) is 3. The summed E-state index contributed by atoms with van der Waals surface area (Å²) in [6, 6.07) is 12.1. The normalized spacial score (nSPS) is 19.5. The smallest absolute Gasteiger partial charge is 0.225 e. The van der Waals surface area contributed by atoms with Crippen molar-refractivity contribution >= 4 is 11.7 Å². The molecule has 0 radical (unpaired) electrons. The second-order valence-corrected chi connectivity index (χ2v) is 6.93. The number of pyridine rings is 1. The first-order valence-electron chi connectivity index (χ1n) is 9.47. The lowest BCUT2D eigenvalue weighted by atomic mass is 9.95. The number of ether oxygens (including phenoxy) is 2. The molecule has 6 heteroatoms. The number of amides is 1. The maximum atomic E-state index is 12.8. The molecule has 1 aromatic carbocycles. The number of hydrogen-bond acceptors (Lipinski definition) is 5. The Balaban J connectivity index is 1.35. The van der Waals surface area contributed by atoms with Crippen LogP contribution in [-0.4, -0.2) is 55.7 Å². The van der Waals surface area contributed by atoms with E-state index in [1.54, 1.807) is 13.3 Å². The first-order valence-corrected chi connectivity index (χ1v) is 9.47. The van der Waals surface area contributed by atoms with Gasteiger partial charge in [-0.25, -0.2) is 4.98 Å². The SMILES string of the molecule is COc1ccnc(N2CCN(C(=O)CC3OCCc4ccccc43)CC2)c1. The molecular formula is C21H25N3O3. The topological polar surface area (TPSA) is 54.9 Å². The number of carbonyl (C=O) groups is 1. The predicted molar refractivity (Wildman–Crippen MR) is 103 cm³/mol. The van der Waals surface area contributed by atoms with Crippen LogP contribution in [0.2, 0.25) is 0 Å². The van der Waals surface area contributed by atoms with Crippen molar-refractivity contribution in [3.63, 3.8) is 0 Å². The fourth-order valence-corrected chi connectivity index (χ4v) is 3.82. The van der Waals surface area contributed by atoms with Gasteiger partial charge in [-0.05, 0) is 23.6 Å². The Hall–Kier alpha value is -2.60. The van der Waals surface area contributed by atoms with Gasteiger partial charge in [0.2, 0.25) is 5.91 Å². The Morgan fingerprint density at radius 2 is 2.04 bits per heavy atom. The van der Waals surface area contributed by atoms with Gasteiger partial charge in [0.25, 0.3) is 0 Å². The lowest BCUT2D eigenvalue weighted by Gasteiger charge is -2.36. The molecule has 2 aliphatic rings. The highest BCUT2D eigenvalue weighted by Gasteiger charge is 2.27. The van der Waals surface area contributed by atoms with Crippen molar-refractivity contribution in [3.8, 4) is 5.75 Å². The number of benzene rings is 1. The van der Waals surface area contributed by atoms with E-state index >= 15 is 0 Å². The molecule has 0 saturated carbocycles. The van der Waals surface area contributed by atoms with Crippen LogP contribution in [0.3, 0.4) is 0 Å². The van der Waals surface area contributed by atoms with Crippen molar-refractivity contribution in [2.75, 3.05) is 44.8 Å². The fourth-order valence-electron chi connectivity index (χ4n) is 3.82. The van der Waals surface area contributed by atoms with Gasteiger partial charge in [0, 0.05) is 38.4 Å². The second-order valence-electron chi connectivity index (χ2n) is 6.93. The maximum Gasteiger partial charge on any atom is 0.225 e. The van der Waals surface area contributed by atoms with Crippen LogP contribution in [0, 0.1) is 0 Å². The largest absolute Gasteiger partial charge is 0.497 e. The average molecular weight is 367 g/mol. The summed E-state index contributed by atoms with van der Waals surface area (Å²) < 4.78 is 11.2. The number of anilines is 1. The molecule has 2 aromatic rings. The first kappa shape index (κ1) is 17.8. The van der Waals surface area contributed by atoms with Gasteiger partial charge in [-0.15, -0.1) is 0 Å². The van der Waals surface area contributed by atoms with E-state index in [9.17, 15) is 4.79 Å². The molecule has 2 aliphatic heterocycles. The van der Waals surface area contributed by atoms with E-state index in [-0.39, 0.29) is 12.0 Å². The van der Waals surface area contributed by atoms with E-state index in [0.29, 0.717) is 26.1 Å². The molecule has 3 heterocycles. The molecular weight excluding hydrogens is 342 g/mol. The summed E-state index contributed by atoms with van der Waals surface area (Å²) in [5.41, 5.74) is 2.46. The minimum absolute atomic E-state index is 0.125. The Morgan fingerprint density at radius 3 is 2.85 bits per heavy atom. The molecule has 27 heavy (non-hydrogen) atoms. The molecule has 0 aliphatic carbocycles. The summed E-state index contributed by atoms with van der Waals surface area (Å²) in [4.78, 5) is 21.4. The van der Waals surface area contributed by atoms with Crippen LogP contribution < -0.4 is 9.64 Å². The van der Waals surface area contributed by atoms with Crippen LogP contribution in [0.5, 0.6) is 5.75 Å². The molecule has 1 saturated heterocycles. The zero-order chi connectivity index (χ0) is 18.6. The Kier molecular flexibility index (Phi) is 5.25. The van der Waals surface area contributed by atoms with Crippen LogP contribution in [0.25, 0.3) is 0 Å². The Bertz CT molecular complexity index is 803. The molecule has 1 atom stereocenters. The number of aromatic nitrogens is 1. The van der Waals surface area contributed by atoms with Crippen molar-refractivity contribution in [3.05, 3.63) is 53.7 Å². The monoisotopic (exact) mass is 367 g/mol. The van der Waals surface area contributed by atoms with E-state index in [1.807, 2.05) is 23.1 Å². The van der Waals surface area contributed by atoms with E-state index < -0.39 is 0 Å². The van der Waals surface area contributed by atoms with Gasteiger partial charge in [-0.1, -0.05) is 24.3 Å². The minimum atomic E-state index is -0.125. The van der Waals surface area contributed by atoms with Gasteiger partial charge in [0.15, 0.2) is 0 Å². The number of fused-ring (bicyclic) bond motifs is 1. The van der Waals surface area contributed by atoms with E-state index in [2.05, 4.69) is 28.1 Å². The minimum Gasteiger partial charge on any atom is -0.497 e. The summed E-state index contributed by atoms with van der Waals surface area (Å²) in [7, 11) is 1.65. The van der Waals surface area contributed by atoms with Crippen molar-refractivity contribution in [2.45, 2.75) is 18.9 Å². The van der Waals surface area contributed by atoms with E-state index in [4.69, 9.17) is 9.47 Å². The van der Waals surface area contributed by atoms with Crippen molar-refractivity contribution in [1.82, 2.24) is 9.88 Å². The lowest BCUT2D eigenvalue weighted by molar-refractivity contribution is -0.135. The summed E-state index contributed by atoms with van der Waals surface area (Å²) in [6.45, 7) is 3.63. The number of hydrogen-bond donors (Lipinski definition) is 0. The highest BCUT2D eigenvalue weighted by atomic mass is 16.5. The summed E-state index contributed by atoms with van der Waals surface area (Å²) in [5, 5.41) is 0.